The minimum Gasteiger partial charge on any atom is -0.378 e. The van der Waals surface area contributed by atoms with E-state index in [-0.39, 0.29) is 0 Å². The van der Waals surface area contributed by atoms with E-state index in [0.29, 0.717) is 17.5 Å². The molecule has 0 aliphatic carbocycles. The Hall–Kier alpha value is -0.120. The third-order valence-electron chi connectivity index (χ3n) is 3.82. The van der Waals surface area contributed by atoms with Gasteiger partial charge in [-0.25, -0.2) is 0 Å². The van der Waals surface area contributed by atoms with Crippen LogP contribution < -0.4 is 5.32 Å². The molecule has 0 amide bonds. The molecule has 2 aliphatic heterocycles. The van der Waals surface area contributed by atoms with Crippen molar-refractivity contribution in [2.45, 2.75) is 32.4 Å². The van der Waals surface area contributed by atoms with Crippen molar-refractivity contribution >= 4 is 0 Å². The van der Waals surface area contributed by atoms with Crippen molar-refractivity contribution < 1.29 is 4.74 Å². The molecule has 3 nitrogen and oxygen atoms in total. The summed E-state index contributed by atoms with van der Waals surface area (Å²) in [5.74, 6) is 0. The number of likely N-dealkylation sites (N-methyl/N-ethyl adjacent to an activating group) is 1. The minimum absolute atomic E-state index is 0.457. The van der Waals surface area contributed by atoms with E-state index in [1.165, 1.54) is 13.0 Å². The highest BCUT2D eigenvalue weighted by atomic mass is 16.5. The highest BCUT2D eigenvalue weighted by Crippen LogP contribution is 2.30. The molecule has 82 valence electrons. The second-order valence-electron chi connectivity index (χ2n) is 5.38. The summed E-state index contributed by atoms with van der Waals surface area (Å²) >= 11 is 0. The third kappa shape index (κ3) is 1.95. The maximum absolute atomic E-state index is 5.21. The molecule has 1 N–H and O–H groups in total. The largest absolute Gasteiger partial charge is 0.378 e. The van der Waals surface area contributed by atoms with E-state index in [9.17, 15) is 0 Å². The van der Waals surface area contributed by atoms with Crippen LogP contribution in [0.3, 0.4) is 0 Å². The van der Waals surface area contributed by atoms with Gasteiger partial charge in [0, 0.05) is 12.6 Å². The SMILES string of the molecule is CN(CC1NCCC1(C)C)C1COC1. The Labute approximate surface area is 86.8 Å². The second-order valence-corrected chi connectivity index (χ2v) is 5.38. The summed E-state index contributed by atoms with van der Waals surface area (Å²) in [6.45, 7) is 8.90. The van der Waals surface area contributed by atoms with E-state index in [0.717, 1.165) is 19.8 Å². The van der Waals surface area contributed by atoms with Crippen LogP contribution in [0.15, 0.2) is 0 Å². The van der Waals surface area contributed by atoms with Crippen molar-refractivity contribution in [3.05, 3.63) is 0 Å². The lowest BCUT2D eigenvalue weighted by Gasteiger charge is -2.38. The van der Waals surface area contributed by atoms with Crippen LogP contribution in [0, 0.1) is 5.41 Å². The molecular formula is C11H22N2O. The van der Waals surface area contributed by atoms with Crippen LogP contribution >= 0.6 is 0 Å². The summed E-state index contributed by atoms with van der Waals surface area (Å²) in [6, 6.07) is 1.31. The number of rotatable bonds is 3. The Morgan fingerprint density at radius 3 is 2.57 bits per heavy atom. The van der Waals surface area contributed by atoms with Gasteiger partial charge < -0.3 is 10.1 Å². The Morgan fingerprint density at radius 2 is 2.14 bits per heavy atom. The van der Waals surface area contributed by atoms with E-state index in [1.54, 1.807) is 0 Å². The highest BCUT2D eigenvalue weighted by Gasteiger charge is 2.36. The molecule has 2 heterocycles. The third-order valence-corrected chi connectivity index (χ3v) is 3.82. The lowest BCUT2D eigenvalue weighted by molar-refractivity contribution is -0.0600. The second kappa shape index (κ2) is 3.80. The number of hydrogen-bond donors (Lipinski definition) is 1. The van der Waals surface area contributed by atoms with E-state index < -0.39 is 0 Å². The summed E-state index contributed by atoms with van der Waals surface area (Å²) in [4.78, 5) is 2.44. The molecule has 0 spiro atoms. The van der Waals surface area contributed by atoms with Crippen molar-refractivity contribution in [1.82, 2.24) is 10.2 Å². The van der Waals surface area contributed by atoms with Crippen molar-refractivity contribution in [3.63, 3.8) is 0 Å². The molecule has 1 unspecified atom stereocenters. The maximum atomic E-state index is 5.21. The first-order valence-corrected chi connectivity index (χ1v) is 5.61. The monoisotopic (exact) mass is 198 g/mol. The number of nitrogens with one attached hydrogen (secondary N) is 1. The fourth-order valence-corrected chi connectivity index (χ4v) is 2.25. The Balaban J connectivity index is 1.83. The van der Waals surface area contributed by atoms with Crippen LogP contribution in [0.1, 0.15) is 20.3 Å². The van der Waals surface area contributed by atoms with E-state index in [4.69, 9.17) is 4.74 Å². The van der Waals surface area contributed by atoms with Crippen LogP contribution in [0.2, 0.25) is 0 Å². The van der Waals surface area contributed by atoms with Crippen molar-refractivity contribution in [2.75, 3.05) is 33.4 Å². The maximum Gasteiger partial charge on any atom is 0.0645 e. The van der Waals surface area contributed by atoms with Gasteiger partial charge in [0.2, 0.25) is 0 Å². The van der Waals surface area contributed by atoms with E-state index in [1.807, 2.05) is 0 Å². The van der Waals surface area contributed by atoms with Gasteiger partial charge in [-0.05, 0) is 25.4 Å². The molecule has 0 bridgehead atoms. The molecule has 0 aromatic heterocycles. The molecule has 0 aromatic carbocycles. The van der Waals surface area contributed by atoms with Gasteiger partial charge in [-0.3, -0.25) is 4.90 Å². The van der Waals surface area contributed by atoms with Crippen molar-refractivity contribution in [3.8, 4) is 0 Å². The zero-order chi connectivity index (χ0) is 10.2. The van der Waals surface area contributed by atoms with Gasteiger partial charge in [-0.15, -0.1) is 0 Å². The number of hydrogen-bond acceptors (Lipinski definition) is 3. The van der Waals surface area contributed by atoms with Gasteiger partial charge in [0.25, 0.3) is 0 Å². The molecule has 1 atom stereocenters. The van der Waals surface area contributed by atoms with Gasteiger partial charge >= 0.3 is 0 Å². The molecule has 14 heavy (non-hydrogen) atoms. The molecule has 0 aromatic rings. The van der Waals surface area contributed by atoms with Gasteiger partial charge in [0.1, 0.15) is 0 Å². The van der Waals surface area contributed by atoms with Gasteiger partial charge in [-0.1, -0.05) is 13.8 Å². The molecule has 0 saturated carbocycles. The predicted molar refractivity (Wildman–Crippen MR) is 57.4 cm³/mol. The molecule has 0 radical (unpaired) electrons. The molecule has 2 aliphatic rings. The normalized spacial score (nSPS) is 32.1. The lowest BCUT2D eigenvalue weighted by Crippen LogP contribution is -2.52. The topological polar surface area (TPSA) is 24.5 Å². The molecular weight excluding hydrogens is 176 g/mol. The predicted octanol–water partition coefficient (Wildman–Crippen LogP) is 0.705. The highest BCUT2D eigenvalue weighted by molar-refractivity contribution is 4.93. The van der Waals surface area contributed by atoms with Crippen LogP contribution in [-0.2, 0) is 4.74 Å². The summed E-state index contributed by atoms with van der Waals surface area (Å²) in [7, 11) is 2.21. The fourth-order valence-electron chi connectivity index (χ4n) is 2.25. The van der Waals surface area contributed by atoms with E-state index in [2.05, 4.69) is 31.1 Å². The van der Waals surface area contributed by atoms with Crippen LogP contribution in [0.25, 0.3) is 0 Å². The zero-order valence-corrected chi connectivity index (χ0v) is 9.55. The Kier molecular flexibility index (Phi) is 2.82. The van der Waals surface area contributed by atoms with Crippen molar-refractivity contribution in [1.29, 1.82) is 0 Å². The van der Waals surface area contributed by atoms with Crippen LogP contribution in [0.5, 0.6) is 0 Å². The Bertz CT molecular complexity index is 201. The first-order chi connectivity index (χ1) is 6.59. The quantitative estimate of drug-likeness (QED) is 0.722. The summed E-state index contributed by atoms with van der Waals surface area (Å²) < 4.78 is 5.21. The van der Waals surface area contributed by atoms with Gasteiger partial charge in [0.15, 0.2) is 0 Å². The molecule has 2 rings (SSSR count). The molecule has 3 heteroatoms. The average Bonchev–Trinajstić information content (AvgIpc) is 2.27. The Morgan fingerprint density at radius 1 is 1.43 bits per heavy atom. The first kappa shape index (κ1) is 10.4. The average molecular weight is 198 g/mol. The minimum atomic E-state index is 0.457. The number of ether oxygens (including phenoxy) is 1. The smallest absolute Gasteiger partial charge is 0.0645 e. The summed E-state index contributed by atoms with van der Waals surface area (Å²) in [5, 5.41) is 3.60. The van der Waals surface area contributed by atoms with Gasteiger partial charge in [-0.2, -0.15) is 0 Å². The standard InChI is InChI=1S/C11H22N2O/c1-11(2)4-5-12-10(11)6-13(3)9-7-14-8-9/h9-10,12H,4-8H2,1-3H3. The molecule has 2 fully saturated rings. The summed E-state index contributed by atoms with van der Waals surface area (Å²) in [5.41, 5.74) is 0.457. The van der Waals surface area contributed by atoms with E-state index >= 15 is 0 Å². The van der Waals surface area contributed by atoms with Crippen LogP contribution in [-0.4, -0.2) is 50.3 Å². The first-order valence-electron chi connectivity index (χ1n) is 5.61. The zero-order valence-electron chi connectivity index (χ0n) is 9.55. The lowest BCUT2D eigenvalue weighted by atomic mass is 9.84. The van der Waals surface area contributed by atoms with Crippen molar-refractivity contribution in [2.24, 2.45) is 5.41 Å². The fraction of sp³-hybridized carbons (Fsp3) is 1.00. The van der Waals surface area contributed by atoms with Gasteiger partial charge in [0.05, 0.1) is 19.3 Å². The van der Waals surface area contributed by atoms with Crippen LogP contribution in [0.4, 0.5) is 0 Å². The number of nitrogens with zero attached hydrogens (tertiary/aromatic N) is 1. The molecule has 2 saturated heterocycles. The summed E-state index contributed by atoms with van der Waals surface area (Å²) in [6.07, 6.45) is 1.30.